The zero-order valence-electron chi connectivity index (χ0n) is 22.1. The number of anilines is 1. The van der Waals surface area contributed by atoms with Crippen LogP contribution in [0.25, 0.3) is 0 Å². The average molecular weight is 556 g/mol. The highest BCUT2D eigenvalue weighted by molar-refractivity contribution is 7.92. The van der Waals surface area contributed by atoms with E-state index in [0.717, 1.165) is 9.87 Å². The predicted molar refractivity (Wildman–Crippen MR) is 152 cm³/mol. The summed E-state index contributed by atoms with van der Waals surface area (Å²) in [5.74, 6) is -0.827. The van der Waals surface area contributed by atoms with Gasteiger partial charge >= 0.3 is 0 Å². The fourth-order valence-corrected chi connectivity index (χ4v) is 5.70. The van der Waals surface area contributed by atoms with Crippen molar-refractivity contribution in [3.63, 3.8) is 0 Å². The first-order valence-electron chi connectivity index (χ1n) is 12.5. The zero-order valence-corrected chi connectivity index (χ0v) is 23.7. The van der Waals surface area contributed by atoms with Crippen LogP contribution in [-0.2, 0) is 26.2 Å². The topological polar surface area (TPSA) is 86.8 Å². The largest absolute Gasteiger partial charge is 0.352 e. The normalized spacial score (nSPS) is 12.2. The van der Waals surface area contributed by atoms with E-state index in [4.69, 9.17) is 11.6 Å². The Balaban J connectivity index is 2.06. The van der Waals surface area contributed by atoms with E-state index in [1.54, 1.807) is 66.7 Å². The van der Waals surface area contributed by atoms with Crippen LogP contribution in [-0.4, -0.2) is 43.8 Å². The van der Waals surface area contributed by atoms with Crippen molar-refractivity contribution in [2.24, 2.45) is 0 Å². The molecule has 0 heterocycles. The van der Waals surface area contributed by atoms with Gasteiger partial charge in [0.15, 0.2) is 0 Å². The lowest BCUT2D eigenvalue weighted by Crippen LogP contribution is -2.53. The number of rotatable bonds is 11. The third-order valence-electron chi connectivity index (χ3n) is 6.05. The first-order chi connectivity index (χ1) is 18.0. The molecule has 0 aliphatic carbocycles. The van der Waals surface area contributed by atoms with Gasteiger partial charge in [0.05, 0.1) is 10.6 Å². The molecule has 1 N–H and O–H groups in total. The molecule has 3 aromatic carbocycles. The number of carbonyl (C=O) groups is 2. The molecule has 0 aliphatic rings. The molecule has 38 heavy (non-hydrogen) atoms. The third-order valence-corrected chi connectivity index (χ3v) is 8.20. The van der Waals surface area contributed by atoms with Crippen LogP contribution in [0, 0.1) is 6.92 Å². The summed E-state index contributed by atoms with van der Waals surface area (Å²) in [5, 5.41) is 3.33. The number of halogens is 1. The summed E-state index contributed by atoms with van der Waals surface area (Å²) in [5.41, 5.74) is 1.96. The number of amides is 2. The van der Waals surface area contributed by atoms with E-state index < -0.39 is 28.5 Å². The van der Waals surface area contributed by atoms with Crippen molar-refractivity contribution in [3.05, 3.63) is 95.0 Å². The summed E-state index contributed by atoms with van der Waals surface area (Å²) in [6, 6.07) is 21.0. The van der Waals surface area contributed by atoms with E-state index in [9.17, 15) is 18.0 Å². The highest BCUT2D eigenvalue weighted by Gasteiger charge is 2.34. The molecule has 2 amide bonds. The molecule has 0 fully saturated rings. The number of sulfonamides is 1. The monoisotopic (exact) mass is 555 g/mol. The highest BCUT2D eigenvalue weighted by atomic mass is 35.5. The molecule has 0 spiro atoms. The van der Waals surface area contributed by atoms with E-state index in [1.807, 2.05) is 27.7 Å². The molecule has 7 nitrogen and oxygen atoms in total. The van der Waals surface area contributed by atoms with Crippen LogP contribution in [0.4, 0.5) is 5.69 Å². The molecule has 0 aromatic heterocycles. The molecule has 3 aromatic rings. The van der Waals surface area contributed by atoms with Gasteiger partial charge in [-0.3, -0.25) is 13.9 Å². The van der Waals surface area contributed by atoms with E-state index in [0.29, 0.717) is 22.7 Å². The van der Waals surface area contributed by atoms with Crippen molar-refractivity contribution in [2.75, 3.05) is 10.8 Å². The van der Waals surface area contributed by atoms with Crippen LogP contribution in [0.2, 0.25) is 5.02 Å². The quantitative estimate of drug-likeness (QED) is 0.353. The predicted octanol–water partition coefficient (Wildman–Crippen LogP) is 5.18. The van der Waals surface area contributed by atoms with Crippen LogP contribution in [0.3, 0.4) is 0 Å². The maximum Gasteiger partial charge on any atom is 0.264 e. The lowest BCUT2D eigenvalue weighted by molar-refractivity contribution is -0.140. The molecule has 0 bridgehead atoms. The van der Waals surface area contributed by atoms with E-state index in [1.165, 1.54) is 17.0 Å². The van der Waals surface area contributed by atoms with Gasteiger partial charge in [0.1, 0.15) is 12.6 Å². The number of benzene rings is 3. The lowest BCUT2D eigenvalue weighted by atomic mass is 10.1. The maximum absolute atomic E-state index is 14.0. The molecule has 202 valence electrons. The highest BCUT2D eigenvalue weighted by Crippen LogP contribution is 2.26. The number of hydrogen-bond acceptors (Lipinski definition) is 4. The minimum Gasteiger partial charge on any atom is -0.352 e. The van der Waals surface area contributed by atoms with Gasteiger partial charge in [0.25, 0.3) is 10.0 Å². The Morgan fingerprint density at radius 2 is 1.53 bits per heavy atom. The fraction of sp³-hybridized carbons (Fsp3) is 0.310. The Kier molecular flexibility index (Phi) is 9.94. The van der Waals surface area contributed by atoms with Crippen molar-refractivity contribution in [3.8, 4) is 0 Å². The molecular formula is C29H34ClN3O4S. The van der Waals surface area contributed by atoms with Gasteiger partial charge in [-0.2, -0.15) is 0 Å². The Morgan fingerprint density at radius 1 is 0.921 bits per heavy atom. The summed E-state index contributed by atoms with van der Waals surface area (Å²) in [6.07, 6.45) is 0.338. The van der Waals surface area contributed by atoms with Crippen molar-refractivity contribution in [2.45, 2.75) is 57.6 Å². The number of nitrogens with one attached hydrogen (secondary N) is 1. The van der Waals surface area contributed by atoms with Crippen LogP contribution in [0.1, 0.15) is 38.3 Å². The number of nitrogens with zero attached hydrogens (tertiary/aromatic N) is 2. The minimum atomic E-state index is -4.09. The first-order valence-corrected chi connectivity index (χ1v) is 14.3. The molecule has 1 atom stereocenters. The van der Waals surface area contributed by atoms with Gasteiger partial charge in [-0.15, -0.1) is 0 Å². The van der Waals surface area contributed by atoms with E-state index in [2.05, 4.69) is 5.32 Å². The Hall–Kier alpha value is -3.36. The minimum absolute atomic E-state index is 0.0512. The molecular weight excluding hydrogens is 522 g/mol. The van der Waals surface area contributed by atoms with Gasteiger partial charge in [0.2, 0.25) is 11.8 Å². The number of hydrogen-bond donors (Lipinski definition) is 1. The second-order valence-corrected chi connectivity index (χ2v) is 11.6. The summed E-state index contributed by atoms with van der Waals surface area (Å²) >= 11 is 6.41. The second kappa shape index (κ2) is 12.9. The van der Waals surface area contributed by atoms with Crippen molar-refractivity contribution in [1.82, 2.24) is 10.2 Å². The smallest absolute Gasteiger partial charge is 0.264 e. The Labute approximate surface area is 230 Å². The standard InChI is InChI=1S/C29H34ClN3O4S/c1-5-27(29(35)31-21(2)3)32(19-23-11-9-10-14-26(23)30)28(34)20-33(24-17-15-22(4)16-18-24)38(36,37)25-12-7-6-8-13-25/h6-18,21,27H,5,19-20H2,1-4H3,(H,31,35). The van der Waals surface area contributed by atoms with Crippen LogP contribution in [0.5, 0.6) is 0 Å². The molecule has 0 aliphatic heterocycles. The van der Waals surface area contributed by atoms with Crippen LogP contribution in [0.15, 0.2) is 83.8 Å². The van der Waals surface area contributed by atoms with Crippen molar-refractivity contribution in [1.29, 1.82) is 0 Å². The van der Waals surface area contributed by atoms with Gasteiger partial charge < -0.3 is 10.2 Å². The summed E-state index contributed by atoms with van der Waals surface area (Å²) < 4.78 is 28.6. The SMILES string of the molecule is CCC(C(=O)NC(C)C)N(Cc1ccccc1Cl)C(=O)CN(c1ccc(C)cc1)S(=O)(=O)c1ccccc1. The number of aryl methyl sites for hydroxylation is 1. The summed E-state index contributed by atoms with van der Waals surface area (Å²) in [4.78, 5) is 28.6. The molecule has 0 saturated heterocycles. The fourth-order valence-electron chi connectivity index (χ4n) is 4.07. The van der Waals surface area contributed by atoms with E-state index in [-0.39, 0.29) is 23.4 Å². The number of carbonyl (C=O) groups excluding carboxylic acids is 2. The summed E-state index contributed by atoms with van der Waals surface area (Å²) in [6.45, 7) is 6.96. The van der Waals surface area contributed by atoms with Gasteiger partial charge in [-0.05, 0) is 63.1 Å². The molecule has 1 unspecified atom stereocenters. The second-order valence-electron chi connectivity index (χ2n) is 9.36. The molecule has 9 heteroatoms. The molecule has 0 radical (unpaired) electrons. The van der Waals surface area contributed by atoms with Crippen LogP contribution < -0.4 is 9.62 Å². The van der Waals surface area contributed by atoms with Crippen molar-refractivity contribution < 1.29 is 18.0 Å². The Bertz CT molecular complexity index is 1350. The van der Waals surface area contributed by atoms with Gasteiger partial charge in [-0.25, -0.2) is 8.42 Å². The molecule has 3 rings (SSSR count). The average Bonchev–Trinajstić information content (AvgIpc) is 2.88. The Morgan fingerprint density at radius 3 is 2.11 bits per heavy atom. The molecule has 0 saturated carbocycles. The van der Waals surface area contributed by atoms with Gasteiger partial charge in [0, 0.05) is 17.6 Å². The first kappa shape index (κ1) is 29.2. The zero-order chi connectivity index (χ0) is 27.9. The lowest BCUT2D eigenvalue weighted by Gasteiger charge is -2.33. The van der Waals surface area contributed by atoms with Gasteiger partial charge in [-0.1, -0.05) is 72.6 Å². The summed E-state index contributed by atoms with van der Waals surface area (Å²) in [7, 11) is -4.09. The van der Waals surface area contributed by atoms with Crippen molar-refractivity contribution >= 4 is 39.1 Å². The van der Waals surface area contributed by atoms with E-state index >= 15 is 0 Å². The van der Waals surface area contributed by atoms with Crippen LogP contribution >= 0.6 is 11.6 Å². The third kappa shape index (κ3) is 7.14. The maximum atomic E-state index is 14.0.